The van der Waals surface area contributed by atoms with Crippen molar-refractivity contribution in [2.45, 2.75) is 155 Å². The van der Waals surface area contributed by atoms with Gasteiger partial charge in [0.1, 0.15) is 26.8 Å². The van der Waals surface area contributed by atoms with Gasteiger partial charge < -0.3 is 14.2 Å². The lowest BCUT2D eigenvalue weighted by molar-refractivity contribution is -0.147. The molecule has 5 nitrogen and oxygen atoms in total. The second kappa shape index (κ2) is 36.4. The van der Waals surface area contributed by atoms with E-state index < -0.39 is 0 Å². The minimum atomic E-state index is -0.0672. The highest BCUT2D eigenvalue weighted by atomic mass is 16.7. The van der Waals surface area contributed by atoms with E-state index in [1.54, 1.807) is 12.2 Å². The zero-order valence-electron chi connectivity index (χ0n) is 28.0. The average Bonchev–Trinajstić information content (AvgIpc) is 3.01. The Morgan fingerprint density at radius 1 is 0.395 bits per heavy atom. The third-order valence-electron chi connectivity index (χ3n) is 7.19. The Morgan fingerprint density at radius 3 is 1.05 bits per heavy atom. The molecule has 0 amide bonds. The van der Waals surface area contributed by atoms with Gasteiger partial charge in [-0.3, -0.25) is 9.59 Å². The summed E-state index contributed by atoms with van der Waals surface area (Å²) >= 11 is 0. The first-order chi connectivity index (χ1) is 21.2. The largest absolute Gasteiger partial charge is 0.347 e. The van der Waals surface area contributed by atoms with Crippen LogP contribution in [0, 0.1) is 0 Å². The van der Waals surface area contributed by atoms with Crippen LogP contribution in [-0.4, -0.2) is 38.4 Å². The maximum atomic E-state index is 11.9. The molecule has 0 aromatic rings. The first kappa shape index (κ1) is 41.2. The summed E-state index contributed by atoms with van der Waals surface area (Å²) in [7, 11) is 0. The van der Waals surface area contributed by atoms with E-state index in [0.717, 1.165) is 25.7 Å². The zero-order valence-corrected chi connectivity index (χ0v) is 28.0. The summed E-state index contributed by atoms with van der Waals surface area (Å²) in [4.78, 5) is 23.7. The summed E-state index contributed by atoms with van der Waals surface area (Å²) < 4.78 is 15.6. The number of ether oxygens (including phenoxy) is 3. The first-order valence-corrected chi connectivity index (χ1v) is 17.6. The molecule has 0 aliphatic heterocycles. The molecule has 0 aromatic carbocycles. The lowest BCUT2D eigenvalue weighted by Crippen LogP contribution is -2.12. The van der Waals surface area contributed by atoms with Gasteiger partial charge in [-0.1, -0.05) is 127 Å². The van der Waals surface area contributed by atoms with E-state index >= 15 is 0 Å². The van der Waals surface area contributed by atoms with Gasteiger partial charge in [-0.2, -0.15) is 0 Å². The molecule has 0 radical (unpaired) electrons. The Morgan fingerprint density at radius 2 is 0.698 bits per heavy atom. The van der Waals surface area contributed by atoms with Crippen LogP contribution in [0.5, 0.6) is 0 Å². The van der Waals surface area contributed by atoms with E-state index in [1.807, 2.05) is 12.2 Å². The Kier molecular flexibility index (Phi) is 34.8. The molecule has 0 unspecified atom stereocenters. The highest BCUT2D eigenvalue weighted by molar-refractivity contribution is 5.91. The maximum Gasteiger partial charge on any atom is 0.181 e. The molecule has 0 rings (SSSR count). The Hall–Kier alpha value is -1.82. The summed E-state index contributed by atoms with van der Waals surface area (Å²) in [6.45, 7) is 4.37. The highest BCUT2D eigenvalue weighted by Gasteiger charge is 1.99. The van der Waals surface area contributed by atoms with Crippen molar-refractivity contribution in [1.82, 2.24) is 0 Å². The molecule has 0 spiro atoms. The first-order valence-electron chi connectivity index (χ1n) is 17.6. The van der Waals surface area contributed by atoms with Crippen molar-refractivity contribution < 1.29 is 23.8 Å². The molecular formula is C38H66O5. The number of unbranched alkanes of at least 4 members (excludes halogenated alkanes) is 18. The van der Waals surface area contributed by atoms with Gasteiger partial charge in [0.05, 0.1) is 0 Å². The van der Waals surface area contributed by atoms with Crippen LogP contribution >= 0.6 is 0 Å². The minimum Gasteiger partial charge on any atom is -0.347 e. The molecule has 0 heterocycles. The van der Waals surface area contributed by atoms with Gasteiger partial charge >= 0.3 is 0 Å². The van der Waals surface area contributed by atoms with Crippen LogP contribution in [0.3, 0.4) is 0 Å². The summed E-state index contributed by atoms with van der Waals surface area (Å²) in [6.07, 6.45) is 43.3. The number of allylic oxidation sites excluding steroid dienone is 6. The SMILES string of the molecule is CCCC/C=C\CCCCCCCC/C=C\C(=O)COCOCOCC(=O)/C=C\CCCCCCCC/C=C\CCCC. The smallest absolute Gasteiger partial charge is 0.181 e. The fourth-order valence-electron chi connectivity index (χ4n) is 4.54. The molecule has 5 heteroatoms. The van der Waals surface area contributed by atoms with Gasteiger partial charge in [0.2, 0.25) is 0 Å². The van der Waals surface area contributed by atoms with Crippen LogP contribution in [0.25, 0.3) is 0 Å². The lowest BCUT2D eigenvalue weighted by Gasteiger charge is -2.04. The molecule has 0 aromatic heterocycles. The van der Waals surface area contributed by atoms with Crippen LogP contribution in [0.4, 0.5) is 0 Å². The van der Waals surface area contributed by atoms with E-state index in [0.29, 0.717) is 0 Å². The third-order valence-corrected chi connectivity index (χ3v) is 7.19. The molecule has 248 valence electrons. The number of ketones is 2. The topological polar surface area (TPSA) is 61.8 Å². The molecule has 0 fully saturated rings. The lowest BCUT2D eigenvalue weighted by atomic mass is 10.1. The average molecular weight is 603 g/mol. The van der Waals surface area contributed by atoms with Crippen molar-refractivity contribution in [2.24, 2.45) is 0 Å². The molecule has 43 heavy (non-hydrogen) atoms. The number of rotatable bonds is 34. The van der Waals surface area contributed by atoms with Crippen molar-refractivity contribution in [1.29, 1.82) is 0 Å². The van der Waals surface area contributed by atoms with Crippen LogP contribution in [0.1, 0.15) is 155 Å². The summed E-state index contributed by atoms with van der Waals surface area (Å²) in [6, 6.07) is 0. The van der Waals surface area contributed by atoms with E-state index in [4.69, 9.17) is 14.2 Å². The highest BCUT2D eigenvalue weighted by Crippen LogP contribution is 2.11. The molecule has 0 atom stereocenters. The normalized spacial score (nSPS) is 12.1. The number of hydrogen-bond acceptors (Lipinski definition) is 5. The Labute approximate surface area is 265 Å². The van der Waals surface area contributed by atoms with Crippen molar-refractivity contribution >= 4 is 11.6 Å². The number of carbonyl (C=O) groups excluding carboxylic acids is 2. The second-order valence-corrected chi connectivity index (χ2v) is 11.5. The maximum absolute atomic E-state index is 11.9. The quantitative estimate of drug-likeness (QED) is 0.0317. The van der Waals surface area contributed by atoms with Crippen LogP contribution in [0.15, 0.2) is 48.6 Å². The van der Waals surface area contributed by atoms with Gasteiger partial charge in [-0.25, -0.2) is 0 Å². The predicted octanol–water partition coefficient (Wildman–Crippen LogP) is 10.9. The molecule has 0 aliphatic carbocycles. The zero-order chi connectivity index (χ0) is 31.3. The molecular weight excluding hydrogens is 536 g/mol. The molecule has 0 bridgehead atoms. The van der Waals surface area contributed by atoms with Crippen LogP contribution in [-0.2, 0) is 23.8 Å². The standard InChI is InChI=1S/C38H66O5/c1-3-5-7-9-11-13-15-17-19-21-23-25-27-29-31-37(39)33-41-35-43-36-42-34-38(40)32-30-28-26-24-22-20-18-16-14-12-10-8-6-4-2/h9-12,29-32H,3-8,13-28,33-36H2,1-2H3/b11-9-,12-10-,31-29-,32-30-. The van der Waals surface area contributed by atoms with E-state index in [1.165, 1.54) is 116 Å². The van der Waals surface area contributed by atoms with Crippen LogP contribution < -0.4 is 0 Å². The van der Waals surface area contributed by atoms with Crippen molar-refractivity contribution in [3.63, 3.8) is 0 Å². The van der Waals surface area contributed by atoms with Gasteiger partial charge in [0, 0.05) is 0 Å². The predicted molar refractivity (Wildman–Crippen MR) is 182 cm³/mol. The molecule has 0 saturated carbocycles. The fraction of sp³-hybridized carbons (Fsp3) is 0.737. The Bertz CT molecular complexity index is 662. The minimum absolute atomic E-state index is 0.0124. The summed E-state index contributed by atoms with van der Waals surface area (Å²) in [5.41, 5.74) is 0. The monoisotopic (exact) mass is 602 g/mol. The summed E-state index contributed by atoms with van der Waals surface area (Å²) in [5.74, 6) is -0.134. The fourth-order valence-corrected chi connectivity index (χ4v) is 4.54. The van der Waals surface area contributed by atoms with Gasteiger partial charge in [0.25, 0.3) is 0 Å². The van der Waals surface area contributed by atoms with Crippen molar-refractivity contribution in [3.8, 4) is 0 Å². The summed E-state index contributed by atoms with van der Waals surface area (Å²) in [5, 5.41) is 0. The van der Waals surface area contributed by atoms with Gasteiger partial charge in [-0.15, -0.1) is 0 Å². The van der Waals surface area contributed by atoms with Gasteiger partial charge in [0.15, 0.2) is 11.6 Å². The van der Waals surface area contributed by atoms with Crippen LogP contribution in [0.2, 0.25) is 0 Å². The third kappa shape index (κ3) is 36.3. The van der Waals surface area contributed by atoms with E-state index in [2.05, 4.69) is 38.2 Å². The van der Waals surface area contributed by atoms with E-state index in [9.17, 15) is 9.59 Å². The molecule has 0 N–H and O–H groups in total. The van der Waals surface area contributed by atoms with E-state index in [-0.39, 0.29) is 38.4 Å². The molecule has 0 saturated heterocycles. The number of carbonyl (C=O) groups is 2. The molecule has 0 aliphatic rings. The van der Waals surface area contributed by atoms with Gasteiger partial charge in [-0.05, 0) is 76.4 Å². The number of hydrogen-bond donors (Lipinski definition) is 0. The second-order valence-electron chi connectivity index (χ2n) is 11.5. The van der Waals surface area contributed by atoms with Crippen molar-refractivity contribution in [3.05, 3.63) is 48.6 Å². The Balaban J connectivity index is 3.41. The van der Waals surface area contributed by atoms with Crippen molar-refractivity contribution in [2.75, 3.05) is 26.8 Å².